The monoisotopic (exact) mass is 182 g/mol. The zero-order chi connectivity index (χ0) is 9.74. The molecule has 0 heterocycles. The number of fused-ring (bicyclic) bond motifs is 2. The molecule has 0 aromatic carbocycles. The maximum atomic E-state index is 13.8. The topological polar surface area (TPSA) is 0 Å². The molecule has 0 aliphatic heterocycles. The fraction of sp³-hybridized carbons (Fsp3) is 0.833. The van der Waals surface area contributed by atoms with Crippen LogP contribution in [0.1, 0.15) is 46.5 Å². The highest BCUT2D eigenvalue weighted by Crippen LogP contribution is 2.57. The van der Waals surface area contributed by atoms with Crippen molar-refractivity contribution in [3.8, 4) is 0 Å². The van der Waals surface area contributed by atoms with Crippen molar-refractivity contribution < 1.29 is 4.39 Å². The van der Waals surface area contributed by atoms with E-state index in [4.69, 9.17) is 0 Å². The highest BCUT2D eigenvalue weighted by molar-refractivity contribution is 5.21. The van der Waals surface area contributed by atoms with Crippen LogP contribution < -0.4 is 0 Å². The summed E-state index contributed by atoms with van der Waals surface area (Å²) < 4.78 is 13.8. The summed E-state index contributed by atoms with van der Waals surface area (Å²) in [4.78, 5) is 0. The molecule has 0 spiro atoms. The first-order valence-electron chi connectivity index (χ1n) is 5.26. The normalized spacial score (nSPS) is 44.0. The molecule has 1 fully saturated rings. The quantitative estimate of drug-likeness (QED) is 0.499. The second-order valence-corrected chi connectivity index (χ2v) is 5.77. The molecule has 0 radical (unpaired) electrons. The molecule has 0 unspecified atom stereocenters. The molecule has 3 aliphatic rings. The van der Waals surface area contributed by atoms with E-state index >= 15 is 0 Å². The molecular weight excluding hydrogens is 163 g/mol. The average Bonchev–Trinajstić information content (AvgIpc) is 2.04. The largest absolute Gasteiger partial charge is 0.239 e. The van der Waals surface area contributed by atoms with Crippen LogP contribution in [-0.4, -0.2) is 5.67 Å². The molecule has 0 amide bonds. The third kappa shape index (κ3) is 1.24. The van der Waals surface area contributed by atoms with Gasteiger partial charge in [-0.2, -0.15) is 0 Å². The van der Waals surface area contributed by atoms with Crippen LogP contribution in [0, 0.1) is 10.8 Å². The average molecular weight is 182 g/mol. The van der Waals surface area contributed by atoms with Gasteiger partial charge in [-0.1, -0.05) is 32.9 Å². The van der Waals surface area contributed by atoms with Crippen LogP contribution in [-0.2, 0) is 0 Å². The lowest BCUT2D eigenvalue weighted by molar-refractivity contribution is 0.0107. The van der Waals surface area contributed by atoms with Gasteiger partial charge >= 0.3 is 0 Å². The van der Waals surface area contributed by atoms with E-state index in [0.29, 0.717) is 0 Å². The lowest BCUT2D eigenvalue weighted by Crippen LogP contribution is -2.45. The number of rotatable bonds is 0. The van der Waals surface area contributed by atoms with Crippen molar-refractivity contribution in [1.29, 1.82) is 0 Å². The van der Waals surface area contributed by atoms with E-state index in [-0.39, 0.29) is 10.8 Å². The van der Waals surface area contributed by atoms with Crippen LogP contribution >= 0.6 is 0 Å². The Bertz CT molecular complexity index is 236. The van der Waals surface area contributed by atoms with Crippen molar-refractivity contribution in [2.24, 2.45) is 10.8 Å². The number of hydrogen-bond donors (Lipinski definition) is 0. The molecular formula is C12H19F. The molecule has 0 nitrogen and oxygen atoms in total. The third-order valence-corrected chi connectivity index (χ3v) is 4.17. The summed E-state index contributed by atoms with van der Waals surface area (Å²) in [6.07, 6.45) is 7.51. The van der Waals surface area contributed by atoms with Gasteiger partial charge in [-0.05, 0) is 36.5 Å². The number of halogens is 1. The van der Waals surface area contributed by atoms with Crippen molar-refractivity contribution in [1.82, 2.24) is 0 Å². The van der Waals surface area contributed by atoms with Gasteiger partial charge in [-0.3, -0.25) is 0 Å². The first kappa shape index (κ1) is 9.23. The van der Waals surface area contributed by atoms with E-state index in [2.05, 4.69) is 26.8 Å². The fourth-order valence-electron chi connectivity index (χ4n) is 2.75. The summed E-state index contributed by atoms with van der Waals surface area (Å²) in [5, 5.41) is 0. The van der Waals surface area contributed by atoms with Gasteiger partial charge in [0.25, 0.3) is 0 Å². The van der Waals surface area contributed by atoms with Crippen molar-refractivity contribution in [3.05, 3.63) is 12.2 Å². The lowest BCUT2D eigenvalue weighted by Gasteiger charge is -2.52. The molecule has 0 saturated heterocycles. The minimum Gasteiger partial charge on any atom is -0.239 e. The van der Waals surface area contributed by atoms with Gasteiger partial charge in [0.15, 0.2) is 0 Å². The van der Waals surface area contributed by atoms with Gasteiger partial charge in [-0.25, -0.2) is 4.39 Å². The van der Waals surface area contributed by atoms with E-state index in [1.807, 2.05) is 6.08 Å². The summed E-state index contributed by atoms with van der Waals surface area (Å²) in [6, 6.07) is 0. The lowest BCUT2D eigenvalue weighted by atomic mass is 9.54. The first-order valence-corrected chi connectivity index (χ1v) is 5.26. The predicted octanol–water partition coefficient (Wildman–Crippen LogP) is 3.87. The van der Waals surface area contributed by atoms with Crippen LogP contribution in [0.4, 0.5) is 4.39 Å². The Balaban J connectivity index is 2.34. The summed E-state index contributed by atoms with van der Waals surface area (Å²) in [7, 11) is 0. The highest BCUT2D eigenvalue weighted by atomic mass is 19.1. The fourth-order valence-corrected chi connectivity index (χ4v) is 2.75. The summed E-state index contributed by atoms with van der Waals surface area (Å²) in [5.74, 6) is 0. The summed E-state index contributed by atoms with van der Waals surface area (Å²) in [6.45, 7) is 6.82. The smallest absolute Gasteiger partial charge is 0.129 e. The van der Waals surface area contributed by atoms with Crippen molar-refractivity contribution in [2.75, 3.05) is 0 Å². The number of hydrogen-bond acceptors (Lipinski definition) is 0. The van der Waals surface area contributed by atoms with Gasteiger partial charge in [0, 0.05) is 0 Å². The molecule has 0 aromatic heterocycles. The second kappa shape index (κ2) is 2.37. The standard InChI is InChI=1S/C12H19F/c1-10(2,3)11-4-7-12(13,8-5-11)9-6-11/h4,7H,5-6,8-9H2,1-3H3. The Hall–Kier alpha value is -0.330. The molecule has 3 rings (SSSR count). The molecule has 0 atom stereocenters. The summed E-state index contributed by atoms with van der Waals surface area (Å²) >= 11 is 0. The van der Waals surface area contributed by atoms with Gasteiger partial charge in [0.1, 0.15) is 5.67 Å². The second-order valence-electron chi connectivity index (χ2n) is 5.77. The zero-order valence-corrected chi connectivity index (χ0v) is 8.86. The van der Waals surface area contributed by atoms with Crippen LogP contribution in [0.5, 0.6) is 0 Å². The van der Waals surface area contributed by atoms with Crippen LogP contribution in [0.25, 0.3) is 0 Å². The minimum absolute atomic E-state index is 0.279. The maximum Gasteiger partial charge on any atom is 0.129 e. The zero-order valence-electron chi connectivity index (χ0n) is 8.86. The van der Waals surface area contributed by atoms with Crippen molar-refractivity contribution in [2.45, 2.75) is 52.1 Å². The van der Waals surface area contributed by atoms with Gasteiger partial charge < -0.3 is 0 Å². The predicted molar refractivity (Wildman–Crippen MR) is 53.3 cm³/mol. The van der Waals surface area contributed by atoms with Crippen molar-refractivity contribution in [3.63, 3.8) is 0 Å². The molecule has 13 heavy (non-hydrogen) atoms. The van der Waals surface area contributed by atoms with Crippen LogP contribution in [0.2, 0.25) is 0 Å². The van der Waals surface area contributed by atoms with E-state index in [1.165, 1.54) is 0 Å². The Kier molecular flexibility index (Phi) is 1.68. The van der Waals surface area contributed by atoms with Gasteiger partial charge in [0.2, 0.25) is 0 Å². The molecule has 1 saturated carbocycles. The Labute approximate surface area is 80.2 Å². The van der Waals surface area contributed by atoms with Gasteiger partial charge in [-0.15, -0.1) is 0 Å². The molecule has 1 heteroatoms. The van der Waals surface area contributed by atoms with E-state index in [0.717, 1.165) is 25.7 Å². The Morgan fingerprint density at radius 3 is 1.85 bits per heavy atom. The molecule has 2 bridgehead atoms. The van der Waals surface area contributed by atoms with E-state index in [1.54, 1.807) is 0 Å². The molecule has 0 aromatic rings. The highest BCUT2D eigenvalue weighted by Gasteiger charge is 2.50. The third-order valence-electron chi connectivity index (χ3n) is 4.17. The van der Waals surface area contributed by atoms with Gasteiger partial charge in [0.05, 0.1) is 0 Å². The summed E-state index contributed by atoms with van der Waals surface area (Å²) in [5.41, 5.74) is -0.390. The molecule has 74 valence electrons. The van der Waals surface area contributed by atoms with Crippen LogP contribution in [0.15, 0.2) is 12.2 Å². The Morgan fingerprint density at radius 2 is 1.54 bits per heavy atom. The molecule has 0 N–H and O–H groups in total. The van der Waals surface area contributed by atoms with E-state index in [9.17, 15) is 4.39 Å². The Morgan fingerprint density at radius 1 is 1.00 bits per heavy atom. The maximum absolute atomic E-state index is 13.8. The number of allylic oxidation sites excluding steroid dienone is 2. The SMILES string of the molecule is CC(C)(C)C12C=CC(F)(CC1)CC2. The van der Waals surface area contributed by atoms with Crippen molar-refractivity contribution >= 4 is 0 Å². The first-order chi connectivity index (χ1) is 5.87. The minimum atomic E-state index is -0.951. The molecule has 3 aliphatic carbocycles. The number of alkyl halides is 1. The van der Waals surface area contributed by atoms with E-state index < -0.39 is 5.67 Å². The van der Waals surface area contributed by atoms with Crippen LogP contribution in [0.3, 0.4) is 0 Å².